The molecule has 1 N–H and O–H groups in total. The van der Waals surface area contributed by atoms with E-state index < -0.39 is 0 Å². The van der Waals surface area contributed by atoms with Crippen LogP contribution in [0.4, 0.5) is 10.6 Å². The first-order valence-electron chi connectivity index (χ1n) is 9.35. The molecule has 1 aliphatic heterocycles. The normalized spacial score (nSPS) is 17.8. The SMILES string of the molecule is COc1ccc(C2CCCCCN2C(=O)Nc2ccn(C(C)C)n2)cc1. The van der Waals surface area contributed by atoms with Crippen molar-refractivity contribution in [2.24, 2.45) is 0 Å². The minimum atomic E-state index is -0.0817. The number of ether oxygens (including phenoxy) is 1. The molecule has 26 heavy (non-hydrogen) atoms. The molecule has 1 atom stereocenters. The molecule has 1 aromatic heterocycles. The van der Waals surface area contributed by atoms with Crippen LogP contribution >= 0.6 is 0 Å². The van der Waals surface area contributed by atoms with Gasteiger partial charge < -0.3 is 9.64 Å². The lowest BCUT2D eigenvalue weighted by atomic mass is 10.0. The third kappa shape index (κ3) is 4.18. The molecule has 140 valence electrons. The highest BCUT2D eigenvalue weighted by molar-refractivity contribution is 5.88. The van der Waals surface area contributed by atoms with Crippen LogP contribution in [0.2, 0.25) is 0 Å². The minimum absolute atomic E-state index is 0.0793. The summed E-state index contributed by atoms with van der Waals surface area (Å²) in [6.07, 6.45) is 6.17. The van der Waals surface area contributed by atoms with Crippen molar-refractivity contribution in [3.05, 3.63) is 42.1 Å². The third-order valence-corrected chi connectivity index (χ3v) is 4.89. The summed E-state index contributed by atoms with van der Waals surface area (Å²) in [4.78, 5) is 14.9. The topological polar surface area (TPSA) is 59.4 Å². The molecule has 2 amide bonds. The van der Waals surface area contributed by atoms with Crippen LogP contribution in [0.3, 0.4) is 0 Å². The highest BCUT2D eigenvalue weighted by Crippen LogP contribution is 2.31. The van der Waals surface area contributed by atoms with E-state index in [1.807, 2.05) is 34.0 Å². The molecular weight excluding hydrogens is 328 g/mol. The van der Waals surface area contributed by atoms with Crippen molar-refractivity contribution < 1.29 is 9.53 Å². The van der Waals surface area contributed by atoms with Crippen LogP contribution in [0.15, 0.2) is 36.5 Å². The van der Waals surface area contributed by atoms with Crippen molar-refractivity contribution in [1.82, 2.24) is 14.7 Å². The maximum atomic E-state index is 12.9. The first-order valence-corrected chi connectivity index (χ1v) is 9.35. The van der Waals surface area contributed by atoms with Gasteiger partial charge in [-0.1, -0.05) is 25.0 Å². The molecule has 0 spiro atoms. The molecule has 6 nitrogen and oxygen atoms in total. The van der Waals surface area contributed by atoms with Gasteiger partial charge in [0.25, 0.3) is 0 Å². The predicted octanol–water partition coefficient (Wildman–Crippen LogP) is 4.62. The van der Waals surface area contributed by atoms with Crippen LogP contribution < -0.4 is 10.1 Å². The standard InChI is InChI=1S/C20H28N4O2/c1-15(2)24-14-12-19(22-24)21-20(25)23-13-6-4-5-7-18(23)16-8-10-17(26-3)11-9-16/h8-12,14-15,18H,4-7,13H2,1-3H3,(H,21,22,25). The van der Waals surface area contributed by atoms with Gasteiger partial charge >= 0.3 is 6.03 Å². The summed E-state index contributed by atoms with van der Waals surface area (Å²) in [6.45, 7) is 4.88. The predicted molar refractivity (Wildman–Crippen MR) is 103 cm³/mol. The molecule has 1 aromatic carbocycles. The van der Waals surface area contributed by atoms with E-state index in [0.29, 0.717) is 5.82 Å². The molecule has 2 heterocycles. The summed E-state index contributed by atoms with van der Waals surface area (Å²) in [5, 5.41) is 7.40. The molecule has 2 aromatic rings. The smallest absolute Gasteiger partial charge is 0.323 e. The Morgan fingerprint density at radius 3 is 2.62 bits per heavy atom. The highest BCUT2D eigenvalue weighted by atomic mass is 16.5. The molecule has 0 aliphatic carbocycles. The summed E-state index contributed by atoms with van der Waals surface area (Å²) < 4.78 is 7.10. The fourth-order valence-electron chi connectivity index (χ4n) is 3.40. The van der Waals surface area contributed by atoms with Crippen molar-refractivity contribution in [3.8, 4) is 5.75 Å². The second kappa shape index (κ2) is 8.25. The fourth-order valence-corrected chi connectivity index (χ4v) is 3.40. The molecule has 3 rings (SSSR count). The van der Waals surface area contributed by atoms with Crippen LogP contribution in [-0.4, -0.2) is 34.4 Å². The van der Waals surface area contributed by atoms with Crippen LogP contribution in [0, 0.1) is 0 Å². The van der Waals surface area contributed by atoms with Gasteiger partial charge in [-0.25, -0.2) is 4.79 Å². The second-order valence-corrected chi connectivity index (χ2v) is 7.04. The van der Waals surface area contributed by atoms with Gasteiger partial charge in [0.1, 0.15) is 5.75 Å². The number of nitrogens with one attached hydrogen (secondary N) is 1. The van der Waals surface area contributed by atoms with E-state index in [0.717, 1.165) is 43.5 Å². The average Bonchev–Trinajstić information content (AvgIpc) is 2.97. The lowest BCUT2D eigenvalue weighted by molar-refractivity contribution is 0.189. The number of methoxy groups -OCH3 is 1. The van der Waals surface area contributed by atoms with E-state index in [2.05, 4.69) is 36.4 Å². The number of hydrogen-bond donors (Lipinski definition) is 1. The number of carbonyl (C=O) groups excluding carboxylic acids is 1. The zero-order valence-corrected chi connectivity index (χ0v) is 15.8. The number of urea groups is 1. The van der Waals surface area contributed by atoms with Gasteiger partial charge in [-0.15, -0.1) is 0 Å². The van der Waals surface area contributed by atoms with Crippen LogP contribution in [-0.2, 0) is 0 Å². The van der Waals surface area contributed by atoms with Gasteiger partial charge in [-0.2, -0.15) is 5.10 Å². The van der Waals surface area contributed by atoms with E-state index in [1.54, 1.807) is 7.11 Å². The van der Waals surface area contributed by atoms with Gasteiger partial charge in [-0.3, -0.25) is 10.00 Å². The molecule has 1 saturated heterocycles. The quantitative estimate of drug-likeness (QED) is 0.869. The third-order valence-electron chi connectivity index (χ3n) is 4.89. The Hall–Kier alpha value is -2.50. The van der Waals surface area contributed by atoms with Crippen LogP contribution in [0.1, 0.15) is 57.2 Å². The molecular formula is C20H28N4O2. The number of aromatic nitrogens is 2. The van der Waals surface area contributed by atoms with Crippen molar-refractivity contribution in [2.75, 3.05) is 19.0 Å². The number of likely N-dealkylation sites (tertiary alicyclic amines) is 1. The largest absolute Gasteiger partial charge is 0.497 e. The fraction of sp³-hybridized carbons (Fsp3) is 0.500. The van der Waals surface area contributed by atoms with E-state index in [9.17, 15) is 4.79 Å². The molecule has 6 heteroatoms. The molecule has 0 radical (unpaired) electrons. The Labute approximate surface area is 155 Å². The maximum absolute atomic E-state index is 12.9. The van der Waals surface area contributed by atoms with Crippen LogP contribution in [0.25, 0.3) is 0 Å². The number of anilines is 1. The lowest BCUT2D eigenvalue weighted by Gasteiger charge is -2.30. The summed E-state index contributed by atoms with van der Waals surface area (Å²) in [5.41, 5.74) is 1.15. The number of benzene rings is 1. The van der Waals surface area contributed by atoms with E-state index in [4.69, 9.17) is 4.74 Å². The van der Waals surface area contributed by atoms with Crippen molar-refractivity contribution in [3.63, 3.8) is 0 Å². The van der Waals surface area contributed by atoms with Crippen LogP contribution in [0.5, 0.6) is 5.75 Å². The molecule has 1 fully saturated rings. The molecule has 0 saturated carbocycles. The summed E-state index contributed by atoms with van der Waals surface area (Å²) in [7, 11) is 1.66. The Morgan fingerprint density at radius 2 is 1.96 bits per heavy atom. The average molecular weight is 356 g/mol. The lowest BCUT2D eigenvalue weighted by Crippen LogP contribution is -2.38. The summed E-state index contributed by atoms with van der Waals surface area (Å²) in [6, 6.07) is 10.1. The summed E-state index contributed by atoms with van der Waals surface area (Å²) >= 11 is 0. The number of nitrogens with zero attached hydrogens (tertiary/aromatic N) is 3. The molecule has 1 aliphatic rings. The minimum Gasteiger partial charge on any atom is -0.497 e. The van der Waals surface area contributed by atoms with Gasteiger partial charge in [0.15, 0.2) is 5.82 Å². The monoisotopic (exact) mass is 356 g/mol. The van der Waals surface area contributed by atoms with E-state index in [-0.39, 0.29) is 18.1 Å². The Kier molecular flexibility index (Phi) is 5.81. The zero-order valence-electron chi connectivity index (χ0n) is 15.8. The van der Waals surface area contributed by atoms with E-state index >= 15 is 0 Å². The highest BCUT2D eigenvalue weighted by Gasteiger charge is 2.27. The van der Waals surface area contributed by atoms with Gasteiger partial charge in [-0.05, 0) is 44.4 Å². The Bertz CT molecular complexity index is 724. The second-order valence-electron chi connectivity index (χ2n) is 7.04. The number of amides is 2. The number of hydrogen-bond acceptors (Lipinski definition) is 3. The Balaban J connectivity index is 1.77. The Morgan fingerprint density at radius 1 is 1.19 bits per heavy atom. The number of rotatable bonds is 4. The van der Waals surface area contributed by atoms with Gasteiger partial charge in [0.05, 0.1) is 13.2 Å². The van der Waals surface area contributed by atoms with E-state index in [1.165, 1.54) is 0 Å². The maximum Gasteiger partial charge on any atom is 0.323 e. The molecule has 1 unspecified atom stereocenters. The number of carbonyl (C=O) groups is 1. The van der Waals surface area contributed by atoms with Gasteiger partial charge in [0, 0.05) is 24.8 Å². The first-order chi connectivity index (χ1) is 12.6. The van der Waals surface area contributed by atoms with Gasteiger partial charge in [0.2, 0.25) is 0 Å². The molecule has 0 bridgehead atoms. The van der Waals surface area contributed by atoms with Crippen molar-refractivity contribution >= 4 is 11.8 Å². The first kappa shape index (κ1) is 18.3. The zero-order chi connectivity index (χ0) is 18.5. The van der Waals surface area contributed by atoms with Crippen molar-refractivity contribution in [2.45, 2.75) is 51.6 Å². The van der Waals surface area contributed by atoms with Crippen molar-refractivity contribution in [1.29, 1.82) is 0 Å². The summed E-state index contributed by atoms with van der Waals surface area (Å²) in [5.74, 6) is 1.43.